The lowest BCUT2D eigenvalue weighted by Gasteiger charge is -2.15. The maximum Gasteiger partial charge on any atom is 0.269 e. The summed E-state index contributed by atoms with van der Waals surface area (Å²) in [5.41, 5.74) is -0.157. The van der Waals surface area contributed by atoms with E-state index < -0.39 is 21.1 Å². The lowest BCUT2D eigenvalue weighted by Crippen LogP contribution is -2.32. The molecular weight excluding hydrogens is 284 g/mol. The molecule has 0 heterocycles. The van der Waals surface area contributed by atoms with Gasteiger partial charge in [0.2, 0.25) is 10.0 Å². The van der Waals surface area contributed by atoms with Crippen LogP contribution in [0.25, 0.3) is 0 Å². The molecule has 0 amide bonds. The van der Waals surface area contributed by atoms with Crippen LogP contribution in [0, 0.1) is 16.0 Å². The number of nitro groups is 1. The topological polar surface area (TPSA) is 110 Å². The van der Waals surface area contributed by atoms with Gasteiger partial charge in [0.1, 0.15) is 0 Å². The summed E-state index contributed by atoms with van der Waals surface area (Å²) in [6, 6.07) is 4.70. The molecule has 0 aliphatic heterocycles. The molecule has 2 unspecified atom stereocenters. The highest BCUT2D eigenvalue weighted by atomic mass is 32.2. The van der Waals surface area contributed by atoms with Crippen LogP contribution in [0.15, 0.2) is 29.2 Å². The van der Waals surface area contributed by atoms with E-state index in [1.54, 1.807) is 0 Å². The second-order valence-electron chi connectivity index (χ2n) is 4.86. The minimum atomic E-state index is -3.70. The number of benzene rings is 1. The molecule has 8 heteroatoms. The molecule has 7 nitrogen and oxygen atoms in total. The van der Waals surface area contributed by atoms with Gasteiger partial charge in [0.05, 0.1) is 15.9 Å². The monoisotopic (exact) mass is 300 g/mol. The van der Waals surface area contributed by atoms with Gasteiger partial charge >= 0.3 is 0 Å². The van der Waals surface area contributed by atoms with Crippen molar-refractivity contribution in [1.82, 2.24) is 4.72 Å². The van der Waals surface area contributed by atoms with Gasteiger partial charge in [-0.2, -0.15) is 0 Å². The first-order chi connectivity index (χ1) is 9.40. The zero-order valence-electron chi connectivity index (χ0n) is 10.7. The van der Waals surface area contributed by atoms with E-state index in [0.29, 0.717) is 6.42 Å². The van der Waals surface area contributed by atoms with E-state index in [4.69, 9.17) is 0 Å². The van der Waals surface area contributed by atoms with Crippen LogP contribution in [0.5, 0.6) is 0 Å². The van der Waals surface area contributed by atoms with E-state index in [9.17, 15) is 23.6 Å². The van der Waals surface area contributed by atoms with Crippen LogP contribution in [0.2, 0.25) is 0 Å². The van der Waals surface area contributed by atoms with Crippen LogP contribution in [0.1, 0.15) is 19.3 Å². The van der Waals surface area contributed by atoms with Crippen molar-refractivity contribution in [2.45, 2.75) is 30.3 Å². The summed E-state index contributed by atoms with van der Waals surface area (Å²) in [6.07, 6.45) is 1.92. The number of nitrogens with one attached hydrogen (secondary N) is 1. The van der Waals surface area contributed by atoms with Crippen LogP contribution in [0.3, 0.4) is 0 Å². The largest absolute Gasteiger partial charge is 0.393 e. The van der Waals surface area contributed by atoms with Crippen molar-refractivity contribution in [2.75, 3.05) is 6.54 Å². The van der Waals surface area contributed by atoms with E-state index >= 15 is 0 Å². The molecular formula is C12H16N2O5S. The lowest BCUT2D eigenvalue weighted by molar-refractivity contribution is -0.384. The zero-order chi connectivity index (χ0) is 14.8. The van der Waals surface area contributed by atoms with Gasteiger partial charge < -0.3 is 5.11 Å². The molecule has 1 saturated carbocycles. The number of sulfonamides is 1. The number of aliphatic hydroxyl groups is 1. The Kier molecular flexibility index (Phi) is 4.36. The van der Waals surface area contributed by atoms with Gasteiger partial charge in [0.25, 0.3) is 5.69 Å². The summed E-state index contributed by atoms with van der Waals surface area (Å²) in [5.74, 6) is -0.0668. The molecule has 20 heavy (non-hydrogen) atoms. The molecule has 0 radical (unpaired) electrons. The number of hydrogen-bond acceptors (Lipinski definition) is 5. The molecule has 2 rings (SSSR count). The predicted molar refractivity (Wildman–Crippen MR) is 71.6 cm³/mol. The van der Waals surface area contributed by atoms with Crippen molar-refractivity contribution < 1.29 is 18.4 Å². The van der Waals surface area contributed by atoms with Crippen molar-refractivity contribution in [3.63, 3.8) is 0 Å². The molecule has 0 saturated heterocycles. The predicted octanol–water partition coefficient (Wildman–Crippen LogP) is 1.03. The fourth-order valence-corrected chi connectivity index (χ4v) is 3.40. The first-order valence-electron chi connectivity index (χ1n) is 6.32. The van der Waals surface area contributed by atoms with Gasteiger partial charge in [0, 0.05) is 18.7 Å². The number of nitro benzene ring substituents is 1. The summed E-state index contributed by atoms with van der Waals surface area (Å²) in [7, 11) is -3.70. The Balaban J connectivity index is 2.04. The summed E-state index contributed by atoms with van der Waals surface area (Å²) in [4.78, 5) is 9.91. The Morgan fingerprint density at radius 3 is 2.45 bits per heavy atom. The minimum absolute atomic E-state index is 0.0180. The molecule has 0 aromatic heterocycles. The molecule has 110 valence electrons. The number of aliphatic hydroxyl groups excluding tert-OH is 1. The highest BCUT2D eigenvalue weighted by molar-refractivity contribution is 7.89. The van der Waals surface area contributed by atoms with E-state index in [1.165, 1.54) is 12.1 Å². The fraction of sp³-hybridized carbons (Fsp3) is 0.500. The quantitative estimate of drug-likeness (QED) is 0.623. The molecule has 2 atom stereocenters. The van der Waals surface area contributed by atoms with Gasteiger partial charge in [-0.05, 0) is 30.9 Å². The maximum atomic E-state index is 12.0. The Bertz CT molecular complexity index is 584. The SMILES string of the molecule is O=[N+]([O-])c1ccc(S(=O)(=O)NCC2CCCC2O)cc1. The lowest BCUT2D eigenvalue weighted by atomic mass is 10.1. The average molecular weight is 300 g/mol. The molecule has 1 aromatic rings. The van der Waals surface area contributed by atoms with Crippen LogP contribution < -0.4 is 4.72 Å². The van der Waals surface area contributed by atoms with Crippen molar-refractivity contribution >= 4 is 15.7 Å². The van der Waals surface area contributed by atoms with Crippen LogP contribution in [-0.2, 0) is 10.0 Å². The first-order valence-corrected chi connectivity index (χ1v) is 7.80. The number of nitrogens with zero attached hydrogens (tertiary/aromatic N) is 1. The van der Waals surface area contributed by atoms with Crippen molar-refractivity contribution in [3.8, 4) is 0 Å². The third-order valence-electron chi connectivity index (χ3n) is 3.51. The zero-order valence-corrected chi connectivity index (χ0v) is 11.5. The van der Waals surface area contributed by atoms with E-state index in [2.05, 4.69) is 4.72 Å². The van der Waals surface area contributed by atoms with Gasteiger partial charge in [-0.15, -0.1) is 0 Å². The Morgan fingerprint density at radius 2 is 1.95 bits per heavy atom. The Morgan fingerprint density at radius 1 is 1.30 bits per heavy atom. The molecule has 1 aromatic carbocycles. The maximum absolute atomic E-state index is 12.0. The van der Waals surface area contributed by atoms with E-state index in [-0.39, 0.29) is 23.0 Å². The summed E-state index contributed by atoms with van der Waals surface area (Å²) in [6.45, 7) is 0.181. The Hall–Kier alpha value is -1.51. The number of non-ortho nitro benzene ring substituents is 1. The van der Waals surface area contributed by atoms with E-state index in [1.807, 2.05) is 0 Å². The third kappa shape index (κ3) is 3.33. The van der Waals surface area contributed by atoms with Gasteiger partial charge in [0.15, 0.2) is 0 Å². The average Bonchev–Trinajstić information content (AvgIpc) is 2.82. The van der Waals surface area contributed by atoms with Crippen LogP contribution in [0.4, 0.5) is 5.69 Å². The molecule has 1 aliphatic carbocycles. The van der Waals surface area contributed by atoms with Crippen molar-refractivity contribution in [2.24, 2.45) is 5.92 Å². The normalized spacial score (nSPS) is 22.9. The second kappa shape index (κ2) is 5.86. The molecule has 0 spiro atoms. The number of hydrogen-bond donors (Lipinski definition) is 2. The molecule has 1 aliphatic rings. The highest BCUT2D eigenvalue weighted by Crippen LogP contribution is 2.25. The standard InChI is InChI=1S/C12H16N2O5S/c15-12-3-1-2-9(12)8-13-20(18,19)11-6-4-10(5-7-11)14(16)17/h4-7,9,12-13,15H,1-3,8H2. The molecule has 2 N–H and O–H groups in total. The van der Waals surface area contributed by atoms with Crippen LogP contribution in [-0.4, -0.2) is 31.1 Å². The smallest absolute Gasteiger partial charge is 0.269 e. The third-order valence-corrected chi connectivity index (χ3v) is 4.95. The highest BCUT2D eigenvalue weighted by Gasteiger charge is 2.27. The fourth-order valence-electron chi connectivity index (χ4n) is 2.30. The van der Waals surface area contributed by atoms with Crippen LogP contribution >= 0.6 is 0 Å². The summed E-state index contributed by atoms with van der Waals surface area (Å²) >= 11 is 0. The second-order valence-corrected chi connectivity index (χ2v) is 6.63. The molecule has 1 fully saturated rings. The Labute approximate surface area is 116 Å². The van der Waals surface area contributed by atoms with Gasteiger partial charge in [-0.1, -0.05) is 6.42 Å². The van der Waals surface area contributed by atoms with Crippen molar-refractivity contribution in [1.29, 1.82) is 0 Å². The van der Waals surface area contributed by atoms with Gasteiger partial charge in [-0.3, -0.25) is 10.1 Å². The van der Waals surface area contributed by atoms with E-state index in [0.717, 1.165) is 25.0 Å². The number of rotatable bonds is 5. The molecule has 0 bridgehead atoms. The summed E-state index contributed by atoms with van der Waals surface area (Å²) in [5, 5.41) is 20.2. The van der Waals surface area contributed by atoms with Gasteiger partial charge in [-0.25, -0.2) is 13.1 Å². The van der Waals surface area contributed by atoms with Crippen molar-refractivity contribution in [3.05, 3.63) is 34.4 Å². The summed E-state index contributed by atoms with van der Waals surface area (Å²) < 4.78 is 26.5. The minimum Gasteiger partial charge on any atom is -0.393 e. The first kappa shape index (κ1) is 14.9.